The van der Waals surface area contributed by atoms with E-state index in [-0.39, 0.29) is 24.3 Å². The first kappa shape index (κ1) is 17.9. The van der Waals surface area contributed by atoms with Crippen molar-refractivity contribution in [2.75, 3.05) is 39.8 Å². The van der Waals surface area contributed by atoms with Gasteiger partial charge in [0.25, 0.3) is 5.91 Å². The molecular formula is C17H23N3O4S. The van der Waals surface area contributed by atoms with E-state index in [2.05, 4.69) is 5.32 Å². The van der Waals surface area contributed by atoms with Crippen molar-refractivity contribution in [1.29, 1.82) is 0 Å². The predicted molar refractivity (Wildman–Crippen MR) is 93.3 cm³/mol. The molecule has 7 nitrogen and oxygen atoms in total. The van der Waals surface area contributed by atoms with Crippen LogP contribution >= 0.6 is 11.3 Å². The lowest BCUT2D eigenvalue weighted by Gasteiger charge is -2.41. The number of thiophene rings is 1. The van der Waals surface area contributed by atoms with E-state index in [1.165, 1.54) is 18.4 Å². The monoisotopic (exact) mass is 365 g/mol. The van der Waals surface area contributed by atoms with Gasteiger partial charge < -0.3 is 19.9 Å². The van der Waals surface area contributed by atoms with Crippen molar-refractivity contribution in [3.05, 3.63) is 22.4 Å². The summed E-state index contributed by atoms with van der Waals surface area (Å²) in [6, 6.07) is 2.87. The summed E-state index contributed by atoms with van der Waals surface area (Å²) in [5.41, 5.74) is 0. The summed E-state index contributed by atoms with van der Waals surface area (Å²) >= 11 is 1.38. The Labute approximate surface area is 150 Å². The molecule has 136 valence electrons. The number of methoxy groups -OCH3 is 1. The highest BCUT2D eigenvalue weighted by Crippen LogP contribution is 2.22. The standard InChI is InChI=1S/C17H23N3O4S/c1-24-17(23)13-11-19(16(22)14-3-2-10-25-14)8-9-20(13)15(21)12-4-6-18-7-5-12/h2-3,10,12-13,18H,4-9,11H2,1H3. The number of piperidine rings is 1. The Morgan fingerprint density at radius 1 is 1.24 bits per heavy atom. The highest BCUT2D eigenvalue weighted by Gasteiger charge is 2.40. The van der Waals surface area contributed by atoms with Crippen molar-refractivity contribution < 1.29 is 19.1 Å². The summed E-state index contributed by atoms with van der Waals surface area (Å²) in [5.74, 6) is -0.628. The topological polar surface area (TPSA) is 79.0 Å². The lowest BCUT2D eigenvalue weighted by molar-refractivity contribution is -0.157. The molecule has 0 aliphatic carbocycles. The van der Waals surface area contributed by atoms with Crippen molar-refractivity contribution >= 4 is 29.1 Å². The van der Waals surface area contributed by atoms with E-state index >= 15 is 0 Å². The van der Waals surface area contributed by atoms with Crippen molar-refractivity contribution in [3.8, 4) is 0 Å². The van der Waals surface area contributed by atoms with Crippen LogP contribution in [0.25, 0.3) is 0 Å². The minimum absolute atomic E-state index is 0.000114. The maximum absolute atomic E-state index is 12.9. The third-order valence-electron chi connectivity index (χ3n) is 4.84. The minimum atomic E-state index is -0.731. The van der Waals surface area contributed by atoms with Gasteiger partial charge in [-0.25, -0.2) is 4.79 Å². The molecule has 1 aromatic rings. The van der Waals surface area contributed by atoms with Gasteiger partial charge in [-0.3, -0.25) is 9.59 Å². The van der Waals surface area contributed by atoms with Crippen molar-refractivity contribution in [2.45, 2.75) is 18.9 Å². The van der Waals surface area contributed by atoms with E-state index in [0.29, 0.717) is 18.0 Å². The Hall–Kier alpha value is -1.93. The second-order valence-electron chi connectivity index (χ2n) is 6.32. The second kappa shape index (κ2) is 7.97. The second-order valence-corrected chi connectivity index (χ2v) is 7.27. The number of piperazine rings is 1. The summed E-state index contributed by atoms with van der Waals surface area (Å²) in [7, 11) is 1.32. The molecule has 2 amide bonds. The number of ether oxygens (including phenoxy) is 1. The molecule has 0 saturated carbocycles. The Bertz CT molecular complexity index is 628. The van der Waals surface area contributed by atoms with Crippen LogP contribution in [0, 0.1) is 5.92 Å². The van der Waals surface area contributed by atoms with E-state index in [1.54, 1.807) is 15.9 Å². The van der Waals surface area contributed by atoms with Crippen molar-refractivity contribution in [1.82, 2.24) is 15.1 Å². The van der Waals surface area contributed by atoms with Gasteiger partial charge >= 0.3 is 5.97 Å². The number of nitrogens with zero attached hydrogens (tertiary/aromatic N) is 2. The van der Waals surface area contributed by atoms with Crippen LogP contribution in [0.2, 0.25) is 0 Å². The SMILES string of the molecule is COC(=O)C1CN(C(=O)c2cccs2)CCN1C(=O)C1CCNCC1. The maximum atomic E-state index is 12.9. The Morgan fingerprint density at radius 2 is 2.00 bits per heavy atom. The van der Waals surface area contributed by atoms with Gasteiger partial charge in [-0.1, -0.05) is 6.07 Å². The first-order chi connectivity index (χ1) is 12.1. The van der Waals surface area contributed by atoms with Crippen LogP contribution in [0.3, 0.4) is 0 Å². The van der Waals surface area contributed by atoms with E-state index in [9.17, 15) is 14.4 Å². The average Bonchev–Trinajstić information content (AvgIpc) is 3.21. The maximum Gasteiger partial charge on any atom is 0.330 e. The molecule has 0 bridgehead atoms. The molecule has 2 aliphatic rings. The number of esters is 1. The molecule has 0 radical (unpaired) electrons. The molecule has 0 aromatic carbocycles. The van der Waals surface area contributed by atoms with Gasteiger partial charge in [0.2, 0.25) is 5.91 Å². The number of rotatable bonds is 3. The fraction of sp³-hybridized carbons (Fsp3) is 0.588. The highest BCUT2D eigenvalue weighted by molar-refractivity contribution is 7.12. The van der Waals surface area contributed by atoms with Crippen molar-refractivity contribution in [2.24, 2.45) is 5.92 Å². The van der Waals surface area contributed by atoms with E-state index in [0.717, 1.165) is 25.9 Å². The van der Waals surface area contributed by atoms with Crippen LogP contribution in [-0.4, -0.2) is 73.5 Å². The molecule has 2 saturated heterocycles. The van der Waals surface area contributed by atoms with Gasteiger partial charge in [0.1, 0.15) is 6.04 Å². The molecule has 3 heterocycles. The van der Waals surface area contributed by atoms with Crippen LogP contribution < -0.4 is 5.32 Å². The van der Waals surface area contributed by atoms with E-state index in [1.807, 2.05) is 11.4 Å². The fourth-order valence-corrected chi connectivity index (χ4v) is 4.12. The number of nitrogens with one attached hydrogen (secondary N) is 1. The predicted octanol–water partition coefficient (Wildman–Crippen LogP) is 0.574. The Balaban J connectivity index is 1.73. The first-order valence-electron chi connectivity index (χ1n) is 8.53. The molecule has 25 heavy (non-hydrogen) atoms. The Morgan fingerprint density at radius 3 is 2.64 bits per heavy atom. The summed E-state index contributed by atoms with van der Waals surface area (Å²) in [6.07, 6.45) is 1.56. The van der Waals surface area contributed by atoms with Gasteiger partial charge in [0.15, 0.2) is 0 Å². The van der Waals surface area contributed by atoms with Crippen molar-refractivity contribution in [3.63, 3.8) is 0 Å². The number of hydrogen-bond donors (Lipinski definition) is 1. The van der Waals surface area contributed by atoms with E-state index in [4.69, 9.17) is 4.74 Å². The molecular weight excluding hydrogens is 342 g/mol. The fourth-order valence-electron chi connectivity index (χ4n) is 3.43. The normalized spacial score (nSPS) is 21.9. The molecule has 0 spiro atoms. The smallest absolute Gasteiger partial charge is 0.330 e. The zero-order valence-corrected chi connectivity index (χ0v) is 15.1. The molecule has 3 rings (SSSR count). The van der Waals surface area contributed by atoms with Gasteiger partial charge in [0.05, 0.1) is 18.5 Å². The lowest BCUT2D eigenvalue weighted by Crippen LogP contribution is -2.61. The lowest BCUT2D eigenvalue weighted by atomic mass is 9.95. The van der Waals surface area contributed by atoms with Gasteiger partial charge in [-0.05, 0) is 37.4 Å². The zero-order valence-electron chi connectivity index (χ0n) is 14.3. The molecule has 1 unspecified atom stereocenters. The summed E-state index contributed by atoms with van der Waals surface area (Å²) in [5, 5.41) is 5.09. The van der Waals surface area contributed by atoms with Crippen LogP contribution in [0.4, 0.5) is 0 Å². The molecule has 1 atom stereocenters. The molecule has 8 heteroatoms. The highest BCUT2D eigenvalue weighted by atomic mass is 32.1. The van der Waals surface area contributed by atoms with Crippen LogP contribution in [0.1, 0.15) is 22.5 Å². The van der Waals surface area contributed by atoms with Crippen LogP contribution in [0.15, 0.2) is 17.5 Å². The van der Waals surface area contributed by atoms with Gasteiger partial charge in [0, 0.05) is 19.0 Å². The largest absolute Gasteiger partial charge is 0.467 e. The third-order valence-corrected chi connectivity index (χ3v) is 5.70. The quantitative estimate of drug-likeness (QED) is 0.793. The molecule has 2 fully saturated rings. The van der Waals surface area contributed by atoms with Crippen LogP contribution in [-0.2, 0) is 14.3 Å². The summed E-state index contributed by atoms with van der Waals surface area (Å²) in [6.45, 7) is 2.60. The molecule has 1 aromatic heterocycles. The zero-order chi connectivity index (χ0) is 17.8. The van der Waals surface area contributed by atoms with Crippen LogP contribution in [0.5, 0.6) is 0 Å². The number of amides is 2. The molecule has 2 aliphatic heterocycles. The third kappa shape index (κ3) is 3.85. The Kier molecular flexibility index (Phi) is 5.70. The molecule has 1 N–H and O–H groups in total. The minimum Gasteiger partial charge on any atom is -0.467 e. The van der Waals surface area contributed by atoms with E-state index < -0.39 is 12.0 Å². The summed E-state index contributed by atoms with van der Waals surface area (Å²) < 4.78 is 4.90. The number of hydrogen-bond acceptors (Lipinski definition) is 6. The van der Waals surface area contributed by atoms with Gasteiger partial charge in [-0.2, -0.15) is 0 Å². The number of carbonyl (C=O) groups is 3. The number of carbonyl (C=O) groups excluding carboxylic acids is 3. The van der Waals surface area contributed by atoms with Gasteiger partial charge in [-0.15, -0.1) is 11.3 Å². The average molecular weight is 365 g/mol. The first-order valence-corrected chi connectivity index (χ1v) is 9.41. The summed E-state index contributed by atoms with van der Waals surface area (Å²) in [4.78, 5) is 41.6.